The molecule has 0 spiro atoms. The number of hydrogen-bond acceptors (Lipinski definition) is 2. The third-order valence-corrected chi connectivity index (χ3v) is 3.16. The average molecular weight is 329 g/mol. The van der Waals surface area contributed by atoms with Crippen molar-refractivity contribution in [2.75, 3.05) is 6.54 Å². The van der Waals surface area contributed by atoms with E-state index in [4.69, 9.17) is 16.7 Å². The van der Waals surface area contributed by atoms with Gasteiger partial charge < -0.3 is 10.4 Å². The molecule has 1 unspecified atom stereocenters. The highest BCUT2D eigenvalue weighted by Crippen LogP contribution is 2.23. The first-order valence-corrected chi connectivity index (χ1v) is 5.78. The van der Waals surface area contributed by atoms with Crippen molar-refractivity contribution in [1.82, 2.24) is 5.32 Å². The molecular weight excluding hydrogens is 319 g/mol. The molecule has 1 rings (SSSR count). The lowest BCUT2D eigenvalue weighted by molar-refractivity contribution is -0.00270. The summed E-state index contributed by atoms with van der Waals surface area (Å²) in [5.41, 5.74) is 0.266. The molecule has 0 aromatic heterocycles. The number of benzene rings is 1. The Balaban J connectivity index is 2.61. The molecule has 94 valence electrons. The molecule has 1 aromatic carbocycles. The van der Waals surface area contributed by atoms with E-state index in [-0.39, 0.29) is 5.56 Å². The Morgan fingerprint density at radius 1 is 1.53 bits per heavy atom. The van der Waals surface area contributed by atoms with Crippen LogP contribution in [0.1, 0.15) is 10.4 Å². The van der Waals surface area contributed by atoms with Crippen LogP contribution in [0.25, 0.3) is 0 Å². The summed E-state index contributed by atoms with van der Waals surface area (Å²) in [6.07, 6.45) is -4.75. The Hall–Kier alpha value is -0.720. The zero-order valence-corrected chi connectivity index (χ0v) is 10.8. The summed E-state index contributed by atoms with van der Waals surface area (Å²) >= 11 is 8.87. The van der Waals surface area contributed by atoms with Crippen molar-refractivity contribution in [3.63, 3.8) is 0 Å². The molecule has 0 heterocycles. The van der Waals surface area contributed by atoms with Crippen LogP contribution in [0, 0.1) is 0 Å². The smallest absolute Gasteiger partial charge is 0.265 e. The zero-order valence-electron chi connectivity index (χ0n) is 8.46. The van der Waals surface area contributed by atoms with E-state index in [1.165, 1.54) is 18.2 Å². The lowest BCUT2D eigenvalue weighted by Gasteiger charge is -2.10. The molecule has 3 nitrogen and oxygen atoms in total. The van der Waals surface area contributed by atoms with E-state index in [0.29, 0.717) is 9.50 Å². The number of aliphatic hydroxyl groups excluding tert-OH is 1. The van der Waals surface area contributed by atoms with Crippen LogP contribution in [-0.4, -0.2) is 30.1 Å². The number of rotatable bonds is 4. The highest BCUT2D eigenvalue weighted by Gasteiger charge is 2.18. The lowest BCUT2D eigenvalue weighted by Crippen LogP contribution is -2.35. The van der Waals surface area contributed by atoms with Gasteiger partial charge >= 0.3 is 0 Å². The molecule has 7 heteroatoms. The second-order valence-electron chi connectivity index (χ2n) is 3.24. The molecule has 0 aliphatic carbocycles. The van der Waals surface area contributed by atoms with Crippen molar-refractivity contribution in [2.24, 2.45) is 0 Å². The molecule has 0 aliphatic heterocycles. The van der Waals surface area contributed by atoms with Gasteiger partial charge in [0.15, 0.2) is 0 Å². The van der Waals surface area contributed by atoms with E-state index in [2.05, 4.69) is 21.2 Å². The SMILES string of the molecule is O=C(NCC(O)C(F)F)c1ccc(Cl)c(Br)c1. The number of carbonyl (C=O) groups is 1. The van der Waals surface area contributed by atoms with Crippen LogP contribution in [0.4, 0.5) is 8.78 Å². The molecule has 1 aromatic rings. The van der Waals surface area contributed by atoms with E-state index < -0.39 is 25.0 Å². The highest BCUT2D eigenvalue weighted by molar-refractivity contribution is 9.10. The van der Waals surface area contributed by atoms with Gasteiger partial charge in [0.2, 0.25) is 0 Å². The summed E-state index contributed by atoms with van der Waals surface area (Å²) in [5.74, 6) is -0.554. The molecule has 2 N–H and O–H groups in total. The first-order chi connectivity index (χ1) is 7.91. The van der Waals surface area contributed by atoms with Crippen molar-refractivity contribution >= 4 is 33.4 Å². The maximum atomic E-state index is 12.0. The Bertz CT molecular complexity index is 417. The van der Waals surface area contributed by atoms with Gasteiger partial charge in [0, 0.05) is 16.6 Å². The predicted octanol–water partition coefficient (Wildman–Crippen LogP) is 2.46. The number of halogens is 4. The van der Waals surface area contributed by atoms with Crippen molar-refractivity contribution in [3.05, 3.63) is 33.3 Å². The lowest BCUT2D eigenvalue weighted by atomic mass is 10.2. The average Bonchev–Trinajstić information content (AvgIpc) is 2.28. The topological polar surface area (TPSA) is 49.3 Å². The van der Waals surface area contributed by atoms with Crippen molar-refractivity contribution in [3.8, 4) is 0 Å². The maximum Gasteiger partial charge on any atom is 0.265 e. The minimum atomic E-state index is -2.88. The summed E-state index contributed by atoms with van der Waals surface area (Å²) in [7, 11) is 0. The van der Waals surface area contributed by atoms with E-state index in [1.807, 2.05) is 0 Å². The second-order valence-corrected chi connectivity index (χ2v) is 4.50. The van der Waals surface area contributed by atoms with E-state index >= 15 is 0 Å². The normalized spacial score (nSPS) is 12.6. The van der Waals surface area contributed by atoms with Crippen molar-refractivity contribution in [2.45, 2.75) is 12.5 Å². The van der Waals surface area contributed by atoms with Gasteiger partial charge in [-0.3, -0.25) is 4.79 Å². The summed E-state index contributed by atoms with van der Waals surface area (Å²) < 4.78 is 24.5. The molecule has 0 bridgehead atoms. The number of carbonyl (C=O) groups excluding carboxylic acids is 1. The van der Waals surface area contributed by atoms with Crippen LogP contribution in [0.15, 0.2) is 22.7 Å². The predicted molar refractivity (Wildman–Crippen MR) is 63.5 cm³/mol. The van der Waals surface area contributed by atoms with Crippen LogP contribution in [0.2, 0.25) is 5.02 Å². The van der Waals surface area contributed by atoms with E-state index in [1.54, 1.807) is 0 Å². The van der Waals surface area contributed by atoms with Crippen LogP contribution in [0.3, 0.4) is 0 Å². The second kappa shape index (κ2) is 6.28. The first-order valence-electron chi connectivity index (χ1n) is 4.61. The summed E-state index contributed by atoms with van der Waals surface area (Å²) in [4.78, 5) is 11.5. The third-order valence-electron chi connectivity index (χ3n) is 1.94. The molecule has 17 heavy (non-hydrogen) atoms. The number of amides is 1. The third kappa shape index (κ3) is 4.22. The van der Waals surface area contributed by atoms with Gasteiger partial charge in [-0.15, -0.1) is 0 Å². The molecule has 0 saturated heterocycles. The molecule has 0 radical (unpaired) electrons. The number of aliphatic hydroxyl groups is 1. The molecule has 1 amide bonds. The van der Waals surface area contributed by atoms with Gasteiger partial charge in [0.1, 0.15) is 6.10 Å². The largest absolute Gasteiger partial charge is 0.385 e. The van der Waals surface area contributed by atoms with Gasteiger partial charge in [0.05, 0.1) is 5.02 Å². The fraction of sp³-hybridized carbons (Fsp3) is 0.300. The Kier molecular flexibility index (Phi) is 5.30. The molecule has 0 aliphatic rings. The fourth-order valence-electron chi connectivity index (χ4n) is 1.03. The van der Waals surface area contributed by atoms with Crippen LogP contribution in [0.5, 0.6) is 0 Å². The summed E-state index contributed by atoms with van der Waals surface area (Å²) in [6.45, 7) is -0.503. The van der Waals surface area contributed by atoms with Gasteiger partial charge in [-0.2, -0.15) is 0 Å². The van der Waals surface area contributed by atoms with Gasteiger partial charge in [-0.05, 0) is 34.1 Å². The van der Waals surface area contributed by atoms with E-state index in [9.17, 15) is 13.6 Å². The van der Waals surface area contributed by atoms with Crippen LogP contribution < -0.4 is 5.32 Å². The number of nitrogens with one attached hydrogen (secondary N) is 1. The standard InChI is InChI=1S/C10H9BrClF2NO2/c11-6-3-5(1-2-7(6)12)10(17)15-4-8(16)9(13)14/h1-3,8-9,16H,4H2,(H,15,17). The van der Waals surface area contributed by atoms with E-state index in [0.717, 1.165) is 0 Å². The fourth-order valence-corrected chi connectivity index (χ4v) is 1.52. The highest BCUT2D eigenvalue weighted by atomic mass is 79.9. The van der Waals surface area contributed by atoms with Gasteiger partial charge in [0.25, 0.3) is 12.3 Å². The minimum Gasteiger partial charge on any atom is -0.385 e. The van der Waals surface area contributed by atoms with Crippen molar-refractivity contribution < 1.29 is 18.7 Å². The molecule has 1 atom stereocenters. The molecule has 0 fully saturated rings. The monoisotopic (exact) mass is 327 g/mol. The van der Waals surface area contributed by atoms with Crippen LogP contribution >= 0.6 is 27.5 Å². The Labute approximate surface area is 110 Å². The summed E-state index contributed by atoms with van der Waals surface area (Å²) in [6, 6.07) is 4.42. The maximum absolute atomic E-state index is 12.0. The first kappa shape index (κ1) is 14.3. The Morgan fingerprint density at radius 2 is 2.18 bits per heavy atom. The number of alkyl halides is 2. The van der Waals surface area contributed by atoms with Crippen LogP contribution in [-0.2, 0) is 0 Å². The van der Waals surface area contributed by atoms with Gasteiger partial charge in [-0.1, -0.05) is 11.6 Å². The Morgan fingerprint density at radius 3 is 2.71 bits per heavy atom. The quantitative estimate of drug-likeness (QED) is 0.892. The molecule has 0 saturated carbocycles. The zero-order chi connectivity index (χ0) is 13.0. The van der Waals surface area contributed by atoms with Crippen molar-refractivity contribution in [1.29, 1.82) is 0 Å². The molecular formula is C10H9BrClF2NO2. The van der Waals surface area contributed by atoms with Gasteiger partial charge in [-0.25, -0.2) is 8.78 Å². The summed E-state index contributed by atoms with van der Waals surface area (Å²) in [5, 5.41) is 11.5. The number of hydrogen-bond donors (Lipinski definition) is 2. The minimum absolute atomic E-state index is 0.266.